The highest BCUT2D eigenvalue weighted by Crippen LogP contribution is 2.21. The van der Waals surface area contributed by atoms with Crippen molar-refractivity contribution in [1.29, 1.82) is 0 Å². The number of amides is 1. The van der Waals surface area contributed by atoms with Gasteiger partial charge in [0.1, 0.15) is 10.7 Å². The minimum Gasteiger partial charge on any atom is -0.507 e. The number of nitrogens with one attached hydrogen (secondary N) is 1. The highest BCUT2D eigenvalue weighted by atomic mass is 127. The number of anilines is 1. The van der Waals surface area contributed by atoms with E-state index in [0.717, 1.165) is 5.56 Å². The van der Waals surface area contributed by atoms with Crippen molar-refractivity contribution in [2.24, 2.45) is 5.73 Å². The normalized spacial score (nSPS) is 10.1. The Morgan fingerprint density at radius 3 is 2.30 bits per heavy atom. The van der Waals surface area contributed by atoms with Gasteiger partial charge in [-0.05, 0) is 65.1 Å². The molecule has 4 N–H and O–H groups in total. The van der Waals surface area contributed by atoms with Crippen LogP contribution in [0, 0.1) is 3.57 Å². The van der Waals surface area contributed by atoms with E-state index in [1.807, 2.05) is 22.6 Å². The van der Waals surface area contributed by atoms with E-state index in [9.17, 15) is 9.90 Å². The summed E-state index contributed by atoms with van der Waals surface area (Å²) in [6.07, 6.45) is 0. The molecule has 0 aliphatic rings. The summed E-state index contributed by atoms with van der Waals surface area (Å²) in [5.41, 5.74) is 7.27. The van der Waals surface area contributed by atoms with Gasteiger partial charge < -0.3 is 16.2 Å². The molecule has 0 atom stereocenters. The average molecular weight is 398 g/mol. The van der Waals surface area contributed by atoms with Crippen molar-refractivity contribution in [1.82, 2.24) is 0 Å². The van der Waals surface area contributed by atoms with E-state index in [2.05, 4.69) is 5.32 Å². The third-order valence-electron chi connectivity index (χ3n) is 2.64. The zero-order valence-electron chi connectivity index (χ0n) is 10.3. The van der Waals surface area contributed by atoms with Gasteiger partial charge in [-0.15, -0.1) is 0 Å². The predicted octanol–water partition coefficient (Wildman–Crippen LogP) is 2.88. The van der Waals surface area contributed by atoms with Crippen LogP contribution in [0.1, 0.15) is 15.9 Å². The number of phenolic OH excluding ortho intramolecular Hbond substituents is 1. The highest BCUT2D eigenvalue weighted by Gasteiger charge is 2.08. The molecule has 20 heavy (non-hydrogen) atoms. The van der Waals surface area contributed by atoms with Gasteiger partial charge >= 0.3 is 0 Å². The lowest BCUT2D eigenvalue weighted by Crippen LogP contribution is -2.13. The Morgan fingerprint density at radius 1 is 1.15 bits per heavy atom. The van der Waals surface area contributed by atoms with Crippen LogP contribution in [0.5, 0.6) is 5.75 Å². The number of rotatable bonds is 3. The molecule has 0 aliphatic carbocycles. The average Bonchev–Trinajstić information content (AvgIpc) is 2.42. The maximum absolute atomic E-state index is 12.0. The Hall–Kier alpha value is -1.67. The van der Waals surface area contributed by atoms with Crippen LogP contribution in [0.2, 0.25) is 0 Å². The lowest BCUT2D eigenvalue weighted by Gasteiger charge is -2.07. The molecule has 6 heteroatoms. The summed E-state index contributed by atoms with van der Waals surface area (Å²) in [4.78, 5) is 12.3. The van der Waals surface area contributed by atoms with Crippen molar-refractivity contribution < 1.29 is 9.90 Å². The van der Waals surface area contributed by atoms with E-state index in [1.165, 1.54) is 6.07 Å². The maximum Gasteiger partial charge on any atom is 0.255 e. The Kier molecular flexibility index (Phi) is 4.56. The summed E-state index contributed by atoms with van der Waals surface area (Å²) in [6.45, 7) is 0. The largest absolute Gasteiger partial charge is 0.507 e. The van der Waals surface area contributed by atoms with E-state index in [4.69, 9.17) is 18.0 Å². The molecule has 2 aromatic rings. The first-order chi connectivity index (χ1) is 9.47. The molecule has 0 spiro atoms. The first-order valence-corrected chi connectivity index (χ1v) is 7.16. The third-order valence-corrected chi connectivity index (χ3v) is 3.78. The molecule has 2 aromatic carbocycles. The van der Waals surface area contributed by atoms with Crippen LogP contribution in [-0.4, -0.2) is 16.0 Å². The lowest BCUT2D eigenvalue weighted by molar-refractivity contribution is 0.102. The second kappa shape index (κ2) is 6.19. The lowest BCUT2D eigenvalue weighted by atomic mass is 10.1. The minimum atomic E-state index is -0.292. The molecule has 0 saturated heterocycles. The fourth-order valence-electron chi connectivity index (χ4n) is 1.57. The molecule has 4 nitrogen and oxygen atoms in total. The van der Waals surface area contributed by atoms with Crippen molar-refractivity contribution in [3.05, 3.63) is 57.2 Å². The molecular formula is C14H11IN2O2S. The summed E-state index contributed by atoms with van der Waals surface area (Å²) < 4.78 is 0.694. The zero-order valence-corrected chi connectivity index (χ0v) is 13.2. The molecule has 0 unspecified atom stereocenters. The second-order valence-corrected chi connectivity index (χ2v) is 5.66. The zero-order chi connectivity index (χ0) is 14.7. The summed E-state index contributed by atoms with van der Waals surface area (Å²) in [5, 5.41) is 12.3. The van der Waals surface area contributed by atoms with E-state index in [1.54, 1.807) is 36.4 Å². The SMILES string of the molecule is NC(=S)c1ccc(NC(=O)c2ccc(I)c(O)c2)cc1. The summed E-state index contributed by atoms with van der Waals surface area (Å²) in [7, 11) is 0. The van der Waals surface area contributed by atoms with Crippen molar-refractivity contribution in [3.63, 3.8) is 0 Å². The number of halogens is 1. The molecular weight excluding hydrogens is 387 g/mol. The first kappa shape index (κ1) is 14.7. The van der Waals surface area contributed by atoms with Crippen molar-refractivity contribution in [2.75, 3.05) is 5.32 Å². The third kappa shape index (κ3) is 3.45. The molecule has 2 rings (SSSR count). The summed E-state index contributed by atoms with van der Waals surface area (Å²) >= 11 is 6.85. The Bertz CT molecular complexity index is 671. The number of hydrogen-bond donors (Lipinski definition) is 3. The van der Waals surface area contributed by atoms with Gasteiger partial charge in [0.2, 0.25) is 0 Å². The number of thiocarbonyl (C=S) groups is 1. The van der Waals surface area contributed by atoms with Crippen LogP contribution < -0.4 is 11.1 Å². The van der Waals surface area contributed by atoms with Gasteiger partial charge in [0, 0.05) is 16.8 Å². The minimum absolute atomic E-state index is 0.0853. The van der Waals surface area contributed by atoms with Crippen LogP contribution >= 0.6 is 34.8 Å². The molecule has 0 aliphatic heterocycles. The fourth-order valence-corrected chi connectivity index (χ4v) is 2.05. The molecule has 0 radical (unpaired) electrons. The van der Waals surface area contributed by atoms with Gasteiger partial charge in [-0.1, -0.05) is 12.2 Å². The molecule has 102 valence electrons. The topological polar surface area (TPSA) is 75.3 Å². The number of benzene rings is 2. The molecule has 0 heterocycles. The van der Waals surface area contributed by atoms with Crippen LogP contribution in [0.15, 0.2) is 42.5 Å². The van der Waals surface area contributed by atoms with Crippen molar-refractivity contribution in [2.45, 2.75) is 0 Å². The molecule has 0 saturated carbocycles. The molecule has 0 aromatic heterocycles. The van der Waals surface area contributed by atoms with Gasteiger partial charge in [0.15, 0.2) is 0 Å². The number of phenols is 1. The second-order valence-electron chi connectivity index (χ2n) is 4.06. The van der Waals surface area contributed by atoms with Crippen LogP contribution in [0.4, 0.5) is 5.69 Å². The van der Waals surface area contributed by atoms with Crippen molar-refractivity contribution >= 4 is 51.4 Å². The van der Waals surface area contributed by atoms with Crippen LogP contribution in [0.3, 0.4) is 0 Å². The fraction of sp³-hybridized carbons (Fsp3) is 0. The summed E-state index contributed by atoms with van der Waals surface area (Å²) in [6, 6.07) is 11.7. The number of carbonyl (C=O) groups is 1. The van der Waals surface area contributed by atoms with E-state index >= 15 is 0 Å². The van der Waals surface area contributed by atoms with E-state index < -0.39 is 0 Å². The first-order valence-electron chi connectivity index (χ1n) is 5.67. The Labute approximate surface area is 135 Å². The summed E-state index contributed by atoms with van der Waals surface area (Å²) in [5.74, 6) is -0.207. The van der Waals surface area contributed by atoms with Gasteiger partial charge in [-0.3, -0.25) is 4.79 Å². The predicted molar refractivity (Wildman–Crippen MR) is 91.1 cm³/mol. The number of nitrogens with two attached hydrogens (primary N) is 1. The van der Waals surface area contributed by atoms with Gasteiger partial charge in [0.25, 0.3) is 5.91 Å². The standard InChI is InChI=1S/C14H11IN2O2S/c15-11-6-3-9(7-12(11)18)14(19)17-10-4-1-8(2-5-10)13(16)20/h1-7,18H,(H2,16,20)(H,17,19). The highest BCUT2D eigenvalue weighted by molar-refractivity contribution is 14.1. The Balaban J connectivity index is 2.14. The number of carbonyl (C=O) groups excluding carboxylic acids is 1. The monoisotopic (exact) mass is 398 g/mol. The van der Waals surface area contributed by atoms with Crippen molar-refractivity contribution in [3.8, 4) is 5.75 Å². The smallest absolute Gasteiger partial charge is 0.255 e. The molecule has 1 amide bonds. The van der Waals surface area contributed by atoms with Gasteiger partial charge in [-0.2, -0.15) is 0 Å². The van der Waals surface area contributed by atoms with E-state index in [-0.39, 0.29) is 11.7 Å². The van der Waals surface area contributed by atoms with Crippen LogP contribution in [0.25, 0.3) is 0 Å². The van der Waals surface area contributed by atoms with Gasteiger partial charge in [0.05, 0.1) is 3.57 Å². The number of hydrogen-bond acceptors (Lipinski definition) is 3. The number of aromatic hydroxyl groups is 1. The Morgan fingerprint density at radius 2 is 1.75 bits per heavy atom. The van der Waals surface area contributed by atoms with Crippen LogP contribution in [-0.2, 0) is 0 Å². The van der Waals surface area contributed by atoms with E-state index in [0.29, 0.717) is 19.8 Å². The van der Waals surface area contributed by atoms with Gasteiger partial charge in [-0.25, -0.2) is 0 Å². The molecule has 0 fully saturated rings. The maximum atomic E-state index is 12.0. The molecule has 0 bridgehead atoms. The quantitative estimate of drug-likeness (QED) is 0.549.